The predicted molar refractivity (Wildman–Crippen MR) is 89.9 cm³/mol. The molecule has 0 aliphatic rings. The van der Waals surface area contributed by atoms with Gasteiger partial charge in [0.15, 0.2) is 0 Å². The van der Waals surface area contributed by atoms with Gasteiger partial charge in [0.1, 0.15) is 29.2 Å². The molecule has 0 saturated heterocycles. The molecule has 2 aromatic carbocycles. The van der Waals surface area contributed by atoms with Gasteiger partial charge in [-0.15, -0.1) is 0 Å². The second-order valence-electron chi connectivity index (χ2n) is 5.24. The Bertz CT molecular complexity index is 1100. The van der Waals surface area contributed by atoms with E-state index in [1.165, 1.54) is 42.6 Å². The zero-order chi connectivity index (χ0) is 19.6. The number of methoxy groups -OCH3 is 1. The summed E-state index contributed by atoms with van der Waals surface area (Å²) in [6.07, 6.45) is 2.54. The van der Waals surface area contributed by atoms with Crippen LogP contribution in [0.5, 0.6) is 0 Å². The van der Waals surface area contributed by atoms with Crippen molar-refractivity contribution in [1.29, 1.82) is 0 Å². The third-order valence-corrected chi connectivity index (χ3v) is 4.91. The lowest BCUT2D eigenvalue weighted by Crippen LogP contribution is -2.17. The van der Waals surface area contributed by atoms with Crippen LogP contribution in [0.3, 0.4) is 0 Å². The number of anilines is 1. The van der Waals surface area contributed by atoms with E-state index in [2.05, 4.69) is 19.5 Å². The molecule has 11 heteroatoms. The van der Waals surface area contributed by atoms with Crippen molar-refractivity contribution in [2.45, 2.75) is 4.90 Å². The van der Waals surface area contributed by atoms with E-state index >= 15 is 0 Å². The van der Waals surface area contributed by atoms with E-state index in [4.69, 9.17) is 0 Å². The molecular weight excluding hydrogens is 382 g/mol. The number of hydrogen-bond donors (Lipinski definition) is 1. The third-order valence-electron chi connectivity index (χ3n) is 3.51. The van der Waals surface area contributed by atoms with Crippen molar-refractivity contribution in [3.8, 4) is 5.69 Å². The van der Waals surface area contributed by atoms with Crippen LogP contribution in [0.1, 0.15) is 10.4 Å². The minimum Gasteiger partial charge on any atom is -0.465 e. The van der Waals surface area contributed by atoms with Crippen LogP contribution in [-0.2, 0) is 14.8 Å². The first-order chi connectivity index (χ1) is 12.8. The van der Waals surface area contributed by atoms with Crippen LogP contribution in [0, 0.1) is 11.6 Å². The van der Waals surface area contributed by atoms with E-state index in [1.807, 2.05) is 0 Å². The second kappa shape index (κ2) is 7.11. The van der Waals surface area contributed by atoms with Gasteiger partial charge in [0, 0.05) is 6.07 Å². The fourth-order valence-corrected chi connectivity index (χ4v) is 3.41. The molecule has 140 valence electrons. The molecule has 0 spiro atoms. The predicted octanol–water partition coefficient (Wildman–Crippen LogP) is 2.13. The number of halogens is 2. The van der Waals surface area contributed by atoms with Crippen molar-refractivity contribution >= 4 is 21.7 Å². The van der Waals surface area contributed by atoms with Crippen LogP contribution in [0.2, 0.25) is 0 Å². The highest BCUT2D eigenvalue weighted by molar-refractivity contribution is 7.92. The first-order valence-electron chi connectivity index (χ1n) is 7.37. The van der Waals surface area contributed by atoms with Crippen molar-refractivity contribution in [2.24, 2.45) is 0 Å². The molecule has 0 fully saturated rings. The Balaban J connectivity index is 2.09. The molecule has 27 heavy (non-hydrogen) atoms. The average molecular weight is 394 g/mol. The molecule has 0 aliphatic carbocycles. The number of hydrogen-bond acceptors (Lipinski definition) is 6. The number of rotatable bonds is 5. The van der Waals surface area contributed by atoms with Gasteiger partial charge in [-0.25, -0.2) is 31.7 Å². The Kier molecular flexibility index (Phi) is 4.86. The summed E-state index contributed by atoms with van der Waals surface area (Å²) in [4.78, 5) is 14.8. The summed E-state index contributed by atoms with van der Waals surface area (Å²) >= 11 is 0. The van der Waals surface area contributed by atoms with Crippen molar-refractivity contribution < 1.29 is 26.7 Å². The van der Waals surface area contributed by atoms with Crippen molar-refractivity contribution in [2.75, 3.05) is 11.8 Å². The minimum atomic E-state index is -4.43. The van der Waals surface area contributed by atoms with Crippen LogP contribution in [0.15, 0.2) is 53.9 Å². The van der Waals surface area contributed by atoms with E-state index in [0.717, 1.165) is 12.1 Å². The second-order valence-corrected chi connectivity index (χ2v) is 6.89. The number of esters is 1. The Morgan fingerprint density at radius 3 is 2.59 bits per heavy atom. The quantitative estimate of drug-likeness (QED) is 0.665. The molecule has 0 unspecified atom stereocenters. The van der Waals surface area contributed by atoms with Gasteiger partial charge < -0.3 is 4.74 Å². The maximum Gasteiger partial charge on any atom is 0.337 e. The number of ether oxygens (including phenoxy) is 1. The molecule has 0 radical (unpaired) electrons. The number of sulfonamides is 1. The summed E-state index contributed by atoms with van der Waals surface area (Å²) in [6.45, 7) is 0. The normalized spacial score (nSPS) is 11.2. The monoisotopic (exact) mass is 394 g/mol. The molecule has 0 amide bonds. The molecule has 0 saturated carbocycles. The highest BCUT2D eigenvalue weighted by Crippen LogP contribution is 2.26. The summed E-state index contributed by atoms with van der Waals surface area (Å²) < 4.78 is 60.2. The molecule has 0 atom stereocenters. The highest BCUT2D eigenvalue weighted by Gasteiger charge is 2.22. The van der Waals surface area contributed by atoms with Gasteiger partial charge in [0.2, 0.25) is 0 Å². The molecule has 1 aromatic heterocycles. The fourth-order valence-electron chi connectivity index (χ4n) is 2.29. The molecule has 3 rings (SSSR count). The Labute approximate surface area is 152 Å². The number of nitrogens with one attached hydrogen (secondary N) is 1. The van der Waals surface area contributed by atoms with Gasteiger partial charge in [0.25, 0.3) is 10.0 Å². The smallest absolute Gasteiger partial charge is 0.337 e. The Morgan fingerprint density at radius 2 is 1.96 bits per heavy atom. The van der Waals surface area contributed by atoms with E-state index < -0.39 is 32.5 Å². The Morgan fingerprint density at radius 1 is 1.19 bits per heavy atom. The van der Waals surface area contributed by atoms with E-state index in [0.29, 0.717) is 6.07 Å². The maximum absolute atomic E-state index is 13.9. The summed E-state index contributed by atoms with van der Waals surface area (Å²) in [7, 11) is -3.26. The lowest BCUT2D eigenvalue weighted by molar-refractivity contribution is 0.0600. The lowest BCUT2D eigenvalue weighted by atomic mass is 10.2. The van der Waals surface area contributed by atoms with Crippen LogP contribution >= 0.6 is 0 Å². The fraction of sp³-hybridized carbons (Fsp3) is 0.0625. The van der Waals surface area contributed by atoms with Crippen molar-refractivity contribution in [3.63, 3.8) is 0 Å². The van der Waals surface area contributed by atoms with E-state index in [-0.39, 0.29) is 16.9 Å². The lowest BCUT2D eigenvalue weighted by Gasteiger charge is -2.14. The molecule has 1 heterocycles. The van der Waals surface area contributed by atoms with E-state index in [1.54, 1.807) is 0 Å². The van der Waals surface area contributed by atoms with Gasteiger partial charge >= 0.3 is 5.97 Å². The van der Waals surface area contributed by atoms with Crippen LogP contribution < -0.4 is 4.72 Å². The SMILES string of the molecule is COC(=O)c1ccc(-n2cncn2)c(NS(=O)(=O)c2ccc(F)cc2F)c1. The van der Waals surface area contributed by atoms with Crippen LogP contribution in [0.25, 0.3) is 5.69 Å². The van der Waals surface area contributed by atoms with Crippen LogP contribution in [0.4, 0.5) is 14.5 Å². The van der Waals surface area contributed by atoms with E-state index in [9.17, 15) is 22.0 Å². The third kappa shape index (κ3) is 3.77. The maximum atomic E-state index is 13.9. The van der Waals surface area contributed by atoms with Crippen LogP contribution in [-0.4, -0.2) is 36.3 Å². The van der Waals surface area contributed by atoms with Gasteiger partial charge in [-0.2, -0.15) is 5.10 Å². The highest BCUT2D eigenvalue weighted by atomic mass is 32.2. The molecule has 3 aromatic rings. The summed E-state index contributed by atoms with van der Waals surface area (Å²) in [5.41, 5.74) is 0.206. The molecule has 1 N–H and O–H groups in total. The van der Waals surface area contributed by atoms with Crippen molar-refractivity contribution in [3.05, 3.63) is 66.3 Å². The number of nitrogens with zero attached hydrogens (tertiary/aromatic N) is 3. The van der Waals surface area contributed by atoms with Gasteiger partial charge in [-0.05, 0) is 30.3 Å². The first-order valence-corrected chi connectivity index (χ1v) is 8.85. The molecular formula is C16H12F2N4O4S. The number of carbonyl (C=O) groups is 1. The number of carbonyl (C=O) groups excluding carboxylic acids is 1. The largest absolute Gasteiger partial charge is 0.465 e. The molecule has 0 aliphatic heterocycles. The Hall–Kier alpha value is -3.34. The average Bonchev–Trinajstić information content (AvgIpc) is 3.14. The van der Waals surface area contributed by atoms with Gasteiger partial charge in [-0.3, -0.25) is 4.72 Å². The minimum absolute atomic E-state index is 0.0543. The van der Waals surface area contributed by atoms with Crippen molar-refractivity contribution in [1.82, 2.24) is 14.8 Å². The van der Waals surface area contributed by atoms with Gasteiger partial charge in [-0.1, -0.05) is 0 Å². The number of benzene rings is 2. The number of aromatic nitrogens is 3. The zero-order valence-electron chi connectivity index (χ0n) is 13.8. The standard InChI is InChI=1S/C16H12F2N4O4S/c1-26-16(23)10-2-4-14(22-9-19-8-20-22)13(6-10)21-27(24,25)15-5-3-11(17)7-12(15)18/h2-9,21H,1H3. The zero-order valence-corrected chi connectivity index (χ0v) is 14.6. The summed E-state index contributed by atoms with van der Waals surface area (Å²) in [5, 5.41) is 3.90. The molecule has 8 nitrogen and oxygen atoms in total. The van der Waals surface area contributed by atoms with Gasteiger partial charge in [0.05, 0.1) is 24.0 Å². The summed E-state index contributed by atoms with van der Waals surface area (Å²) in [5.74, 6) is -2.87. The summed E-state index contributed by atoms with van der Waals surface area (Å²) in [6, 6.07) is 6.10. The first kappa shape index (κ1) is 18.5. The topological polar surface area (TPSA) is 103 Å². The molecule has 0 bridgehead atoms.